The first-order valence-corrected chi connectivity index (χ1v) is 15.1. The molecular formula is C36H35ClN2O5. The Morgan fingerprint density at radius 1 is 0.886 bits per heavy atom. The van der Waals surface area contributed by atoms with Gasteiger partial charge in [-0.1, -0.05) is 72.6 Å². The summed E-state index contributed by atoms with van der Waals surface area (Å²) < 4.78 is 11.1. The van der Waals surface area contributed by atoms with Crippen molar-refractivity contribution in [3.63, 3.8) is 0 Å². The summed E-state index contributed by atoms with van der Waals surface area (Å²) in [5.74, 6) is 0.256. The average molecular weight is 611 g/mol. The zero-order valence-corrected chi connectivity index (χ0v) is 25.3. The van der Waals surface area contributed by atoms with Crippen molar-refractivity contribution < 1.29 is 23.9 Å². The van der Waals surface area contributed by atoms with Crippen LogP contribution in [-0.2, 0) is 20.7 Å². The standard InChI is InChI=1S/C36H35ClN2O5/c1-43-36(42)33(38-32-13-6-5-12-31(32)34(40)26-8-3-2-4-9-26)24-25-14-20-30(21-15-25)44-23-22-39(35(41)27-10-7-11-27)29-18-16-28(37)17-19-29/h2-6,8-9,12-21,27,33,38H,7,10-11,22-24H2,1H3/t33-/m0/s1. The number of carbonyl (C=O) groups excluding carboxylic acids is 3. The maximum Gasteiger partial charge on any atom is 0.328 e. The van der Waals surface area contributed by atoms with Gasteiger partial charge in [0.05, 0.1) is 13.7 Å². The van der Waals surface area contributed by atoms with Crippen LogP contribution in [0.15, 0.2) is 103 Å². The Morgan fingerprint density at radius 3 is 2.23 bits per heavy atom. The molecule has 0 spiro atoms. The van der Waals surface area contributed by atoms with Crippen LogP contribution in [0.5, 0.6) is 5.75 Å². The van der Waals surface area contributed by atoms with Gasteiger partial charge < -0.3 is 19.7 Å². The van der Waals surface area contributed by atoms with E-state index >= 15 is 0 Å². The van der Waals surface area contributed by atoms with Crippen LogP contribution in [0, 0.1) is 5.92 Å². The zero-order chi connectivity index (χ0) is 30.9. The van der Waals surface area contributed by atoms with Crippen LogP contribution in [0.25, 0.3) is 0 Å². The minimum atomic E-state index is -0.720. The number of anilines is 2. The number of nitrogens with zero attached hydrogens (tertiary/aromatic N) is 1. The molecule has 0 saturated heterocycles. The summed E-state index contributed by atoms with van der Waals surface area (Å²) >= 11 is 6.06. The van der Waals surface area contributed by atoms with E-state index in [9.17, 15) is 14.4 Å². The maximum atomic E-state index is 13.2. The zero-order valence-electron chi connectivity index (χ0n) is 24.6. The Morgan fingerprint density at radius 2 is 1.57 bits per heavy atom. The second-order valence-corrected chi connectivity index (χ2v) is 11.2. The lowest BCUT2D eigenvalue weighted by Crippen LogP contribution is -2.41. The third-order valence-electron chi connectivity index (χ3n) is 7.83. The SMILES string of the molecule is COC(=O)[C@H](Cc1ccc(OCCN(C(=O)C2CCC2)c2ccc(Cl)cc2)cc1)Nc1ccccc1C(=O)c1ccccc1. The van der Waals surface area contributed by atoms with Crippen molar-refractivity contribution in [1.82, 2.24) is 0 Å². The fourth-order valence-electron chi connectivity index (χ4n) is 5.15. The minimum Gasteiger partial charge on any atom is -0.492 e. The van der Waals surface area contributed by atoms with Crippen LogP contribution in [0.2, 0.25) is 5.02 Å². The fraction of sp³-hybridized carbons (Fsp3) is 0.250. The number of benzene rings is 4. The first kappa shape index (κ1) is 30.8. The number of methoxy groups -OCH3 is 1. The van der Waals surface area contributed by atoms with Gasteiger partial charge in [0, 0.05) is 39.9 Å². The predicted octanol–water partition coefficient (Wildman–Crippen LogP) is 6.98. The lowest BCUT2D eigenvalue weighted by atomic mass is 9.84. The second-order valence-electron chi connectivity index (χ2n) is 10.8. The lowest BCUT2D eigenvalue weighted by molar-refractivity contribution is -0.141. The van der Waals surface area contributed by atoms with Crippen molar-refractivity contribution in [2.24, 2.45) is 5.92 Å². The van der Waals surface area contributed by atoms with Gasteiger partial charge in [-0.2, -0.15) is 0 Å². The number of amides is 1. The van der Waals surface area contributed by atoms with Crippen LogP contribution in [0.1, 0.15) is 40.7 Å². The van der Waals surface area contributed by atoms with Crippen LogP contribution in [0.3, 0.4) is 0 Å². The minimum absolute atomic E-state index is 0.0600. The number of carbonyl (C=O) groups is 3. The van der Waals surface area contributed by atoms with Gasteiger partial charge in [-0.15, -0.1) is 0 Å². The summed E-state index contributed by atoms with van der Waals surface area (Å²) in [6.07, 6.45) is 3.25. The van der Waals surface area contributed by atoms with Crippen molar-refractivity contribution in [2.75, 3.05) is 30.5 Å². The molecule has 1 aliphatic rings. The molecular weight excluding hydrogens is 576 g/mol. The van der Waals surface area contributed by atoms with Gasteiger partial charge in [-0.05, 0) is 66.9 Å². The summed E-state index contributed by atoms with van der Waals surface area (Å²) in [4.78, 5) is 40.9. The summed E-state index contributed by atoms with van der Waals surface area (Å²) in [6.45, 7) is 0.729. The van der Waals surface area contributed by atoms with E-state index in [0.29, 0.717) is 47.2 Å². The number of esters is 1. The number of rotatable bonds is 13. The molecule has 226 valence electrons. The van der Waals surface area contributed by atoms with Crippen LogP contribution < -0.4 is 15.0 Å². The monoisotopic (exact) mass is 610 g/mol. The van der Waals surface area contributed by atoms with E-state index in [-0.39, 0.29) is 17.6 Å². The third-order valence-corrected chi connectivity index (χ3v) is 8.08. The summed E-state index contributed by atoms with van der Waals surface area (Å²) in [6, 6.07) is 30.2. The smallest absolute Gasteiger partial charge is 0.328 e. The molecule has 1 saturated carbocycles. The van der Waals surface area contributed by atoms with Gasteiger partial charge in [0.25, 0.3) is 0 Å². The molecule has 0 bridgehead atoms. The molecule has 0 unspecified atom stereocenters. The van der Waals surface area contributed by atoms with Gasteiger partial charge in [0.1, 0.15) is 18.4 Å². The number of hydrogen-bond acceptors (Lipinski definition) is 6. The molecule has 1 atom stereocenters. The highest BCUT2D eigenvalue weighted by Crippen LogP contribution is 2.31. The third kappa shape index (κ3) is 7.66. The van der Waals surface area contributed by atoms with Gasteiger partial charge in [0.15, 0.2) is 5.78 Å². The number of nitrogens with one attached hydrogen (secondary N) is 1. The van der Waals surface area contributed by atoms with Crippen molar-refractivity contribution >= 4 is 40.6 Å². The molecule has 8 heteroatoms. The highest BCUT2D eigenvalue weighted by Gasteiger charge is 2.30. The quantitative estimate of drug-likeness (QED) is 0.130. The lowest BCUT2D eigenvalue weighted by Gasteiger charge is -2.31. The molecule has 1 fully saturated rings. The normalized spacial score (nSPS) is 13.3. The second kappa shape index (κ2) is 14.7. The van der Waals surface area contributed by atoms with E-state index < -0.39 is 12.0 Å². The average Bonchev–Trinajstić information content (AvgIpc) is 3.03. The number of hydrogen-bond donors (Lipinski definition) is 1. The molecule has 4 aromatic carbocycles. The molecule has 5 rings (SSSR count). The van der Waals surface area contributed by atoms with E-state index in [1.807, 2.05) is 60.7 Å². The molecule has 1 aliphatic carbocycles. The van der Waals surface area contributed by atoms with Crippen molar-refractivity contribution in [1.29, 1.82) is 0 Å². The Bertz CT molecular complexity index is 1570. The van der Waals surface area contributed by atoms with E-state index in [0.717, 1.165) is 30.5 Å². The Balaban J connectivity index is 1.22. The van der Waals surface area contributed by atoms with Crippen LogP contribution in [-0.4, -0.2) is 44.0 Å². The van der Waals surface area contributed by atoms with Crippen molar-refractivity contribution in [3.05, 3.63) is 125 Å². The van der Waals surface area contributed by atoms with Gasteiger partial charge in [-0.3, -0.25) is 9.59 Å². The predicted molar refractivity (Wildman–Crippen MR) is 173 cm³/mol. The van der Waals surface area contributed by atoms with Gasteiger partial charge in [-0.25, -0.2) is 4.79 Å². The highest BCUT2D eigenvalue weighted by atomic mass is 35.5. The number of halogens is 1. The van der Waals surface area contributed by atoms with E-state index in [4.69, 9.17) is 21.1 Å². The number of ether oxygens (including phenoxy) is 2. The summed E-state index contributed by atoms with van der Waals surface area (Å²) in [5.41, 5.74) is 3.28. The molecule has 44 heavy (non-hydrogen) atoms. The summed E-state index contributed by atoms with van der Waals surface area (Å²) in [7, 11) is 1.35. The van der Waals surface area contributed by atoms with Crippen molar-refractivity contribution in [2.45, 2.75) is 31.7 Å². The van der Waals surface area contributed by atoms with Gasteiger partial charge in [0.2, 0.25) is 5.91 Å². The first-order chi connectivity index (χ1) is 21.4. The van der Waals surface area contributed by atoms with Crippen molar-refractivity contribution in [3.8, 4) is 5.75 Å². The van der Waals surface area contributed by atoms with E-state index in [1.54, 1.807) is 47.4 Å². The topological polar surface area (TPSA) is 84.9 Å². The molecule has 0 aromatic heterocycles. The Kier molecular flexibility index (Phi) is 10.3. The Labute approximate surface area is 262 Å². The molecule has 4 aromatic rings. The first-order valence-electron chi connectivity index (χ1n) is 14.7. The van der Waals surface area contributed by atoms with Gasteiger partial charge >= 0.3 is 5.97 Å². The molecule has 0 radical (unpaired) electrons. The Hall–Kier alpha value is -4.62. The summed E-state index contributed by atoms with van der Waals surface area (Å²) in [5, 5.41) is 3.86. The van der Waals surface area contributed by atoms with E-state index in [2.05, 4.69) is 5.32 Å². The van der Waals surface area contributed by atoms with Crippen LogP contribution in [0.4, 0.5) is 11.4 Å². The number of ketones is 1. The molecule has 1 amide bonds. The maximum absolute atomic E-state index is 13.2. The van der Waals surface area contributed by atoms with Crippen LogP contribution >= 0.6 is 11.6 Å². The fourth-order valence-corrected chi connectivity index (χ4v) is 5.28. The highest BCUT2D eigenvalue weighted by molar-refractivity contribution is 6.30. The van der Waals surface area contributed by atoms with E-state index in [1.165, 1.54) is 7.11 Å². The molecule has 7 nitrogen and oxygen atoms in total. The molecule has 0 aliphatic heterocycles. The molecule has 0 heterocycles. The number of para-hydroxylation sites is 1. The molecule has 1 N–H and O–H groups in total. The largest absolute Gasteiger partial charge is 0.492 e.